The maximum atomic E-state index is 13.5. The molecule has 35 heavy (non-hydrogen) atoms. The molecule has 8 heteroatoms. The van der Waals surface area contributed by atoms with Crippen molar-refractivity contribution in [3.05, 3.63) is 77.4 Å². The summed E-state index contributed by atoms with van der Waals surface area (Å²) in [7, 11) is -3.42. The highest BCUT2D eigenvalue weighted by atomic mass is 31.2. The van der Waals surface area contributed by atoms with E-state index in [1.165, 1.54) is 6.08 Å². The Morgan fingerprint density at radius 2 is 1.57 bits per heavy atom. The number of carbonyl (C=O) groups excluding carboxylic acids is 2. The maximum Gasteiger partial charge on any atom is 0.417 e. The van der Waals surface area contributed by atoms with Gasteiger partial charge in [-0.15, -0.1) is 0 Å². The molecule has 3 rings (SSSR count). The van der Waals surface area contributed by atoms with Gasteiger partial charge >= 0.3 is 13.7 Å². The smallest absolute Gasteiger partial charge is 0.417 e. The van der Waals surface area contributed by atoms with E-state index in [4.69, 9.17) is 13.8 Å². The first-order valence-electron chi connectivity index (χ1n) is 11.6. The molecule has 1 saturated heterocycles. The third-order valence-corrected chi connectivity index (χ3v) is 7.30. The molecule has 1 aliphatic heterocycles. The lowest BCUT2D eigenvalue weighted by Crippen LogP contribution is -2.32. The van der Waals surface area contributed by atoms with E-state index >= 15 is 0 Å². The van der Waals surface area contributed by atoms with Crippen molar-refractivity contribution in [3.8, 4) is 0 Å². The van der Waals surface area contributed by atoms with Crippen LogP contribution in [0.25, 0.3) is 6.08 Å². The van der Waals surface area contributed by atoms with Crippen molar-refractivity contribution in [2.75, 3.05) is 6.61 Å². The normalized spacial score (nSPS) is 17.1. The van der Waals surface area contributed by atoms with Gasteiger partial charge in [0.15, 0.2) is 0 Å². The minimum atomic E-state index is -3.42. The number of rotatable bonds is 7. The summed E-state index contributed by atoms with van der Waals surface area (Å²) in [6.07, 6.45) is 2.46. The Kier molecular flexibility index (Phi) is 8.05. The van der Waals surface area contributed by atoms with Crippen molar-refractivity contribution in [1.29, 1.82) is 0 Å². The van der Waals surface area contributed by atoms with Gasteiger partial charge < -0.3 is 13.8 Å². The average molecular weight is 500 g/mol. The van der Waals surface area contributed by atoms with Crippen LogP contribution in [0.1, 0.15) is 64.3 Å². The zero-order valence-electron chi connectivity index (χ0n) is 21.2. The summed E-state index contributed by atoms with van der Waals surface area (Å²) in [6.45, 7) is 11.2. The van der Waals surface area contributed by atoms with E-state index in [1.807, 2.05) is 96.1 Å². The van der Waals surface area contributed by atoms with E-state index in [0.29, 0.717) is 0 Å². The number of amides is 2. The van der Waals surface area contributed by atoms with Crippen LogP contribution in [0.4, 0.5) is 4.79 Å². The van der Waals surface area contributed by atoms with Gasteiger partial charge in [-0.25, -0.2) is 9.69 Å². The molecule has 1 aliphatic rings. The van der Waals surface area contributed by atoms with Crippen LogP contribution in [-0.4, -0.2) is 34.7 Å². The summed E-state index contributed by atoms with van der Waals surface area (Å²) in [6, 6.07) is 16.1. The molecule has 0 unspecified atom stereocenters. The number of ether oxygens (including phenoxy) is 1. The third-order valence-electron chi connectivity index (χ3n) is 4.90. The first-order valence-corrected chi connectivity index (χ1v) is 13.3. The van der Waals surface area contributed by atoms with E-state index in [0.717, 1.165) is 21.6 Å². The fraction of sp³-hybridized carbons (Fsp3) is 0.407. The lowest BCUT2D eigenvalue weighted by atomic mass is 10.1. The SMILES string of the molecule is CC(C)(C)OP(=O)(Cc1ccc(/C=C/C(=O)N2C(=O)OC[C@@H]2c2ccccc2)cc1)OC(C)(C)C. The van der Waals surface area contributed by atoms with Gasteiger partial charge in [-0.1, -0.05) is 54.6 Å². The molecule has 1 atom stereocenters. The first kappa shape index (κ1) is 26.9. The minimum Gasteiger partial charge on any atom is -0.446 e. The van der Waals surface area contributed by atoms with Gasteiger partial charge in [-0.05, 0) is 64.3 Å². The predicted octanol–water partition coefficient (Wildman–Crippen LogP) is 6.74. The summed E-state index contributed by atoms with van der Waals surface area (Å²) in [5.74, 6) is -0.452. The van der Waals surface area contributed by atoms with Crippen molar-refractivity contribution in [2.45, 2.75) is 64.9 Å². The Morgan fingerprint density at radius 3 is 2.11 bits per heavy atom. The summed E-state index contributed by atoms with van der Waals surface area (Å²) in [4.78, 5) is 26.1. The van der Waals surface area contributed by atoms with Crippen LogP contribution >= 0.6 is 7.60 Å². The summed E-state index contributed by atoms with van der Waals surface area (Å²) in [5.41, 5.74) is 1.13. The Labute approximate surface area is 207 Å². The molecule has 0 aliphatic carbocycles. The van der Waals surface area contributed by atoms with E-state index < -0.39 is 36.8 Å². The molecule has 0 N–H and O–H groups in total. The molecular weight excluding hydrogens is 465 g/mol. The number of benzene rings is 2. The maximum absolute atomic E-state index is 13.5. The number of imide groups is 1. The van der Waals surface area contributed by atoms with E-state index in [1.54, 1.807) is 6.08 Å². The Hall–Kier alpha value is -2.73. The fourth-order valence-corrected chi connectivity index (χ4v) is 6.20. The van der Waals surface area contributed by atoms with Crippen LogP contribution in [0.3, 0.4) is 0 Å². The van der Waals surface area contributed by atoms with Crippen LogP contribution in [0, 0.1) is 0 Å². The Morgan fingerprint density at radius 1 is 1.00 bits per heavy atom. The topological polar surface area (TPSA) is 82.1 Å². The Balaban J connectivity index is 1.71. The second kappa shape index (κ2) is 10.5. The fourth-order valence-electron chi connectivity index (χ4n) is 3.71. The van der Waals surface area contributed by atoms with E-state index in [2.05, 4.69) is 0 Å². The monoisotopic (exact) mass is 499 g/mol. The van der Waals surface area contributed by atoms with Gasteiger partial charge in [0.05, 0.1) is 17.4 Å². The van der Waals surface area contributed by atoms with Crippen molar-refractivity contribution < 1.29 is 27.9 Å². The standard InChI is InChI=1S/C27H34NO6P/c1-26(2,3)33-35(31,34-27(4,5)6)19-21-14-12-20(13-15-21)16-17-24(29)28-23(18-32-25(28)30)22-10-8-7-9-11-22/h7-17,23H,18-19H2,1-6H3/b17-16+/t23-/m1/s1. The largest absolute Gasteiger partial charge is 0.446 e. The van der Waals surface area contributed by atoms with Gasteiger partial charge in [0, 0.05) is 6.08 Å². The molecule has 7 nitrogen and oxygen atoms in total. The number of carbonyl (C=O) groups is 2. The van der Waals surface area contributed by atoms with Gasteiger partial charge in [0.1, 0.15) is 12.6 Å². The summed E-state index contributed by atoms with van der Waals surface area (Å²) in [5, 5.41) is 0. The highest BCUT2D eigenvalue weighted by Crippen LogP contribution is 2.56. The molecule has 2 aromatic carbocycles. The van der Waals surface area contributed by atoms with Crippen molar-refractivity contribution in [3.63, 3.8) is 0 Å². The Bertz CT molecular complexity index is 1090. The molecule has 0 spiro atoms. The summed E-state index contributed by atoms with van der Waals surface area (Å²) >= 11 is 0. The molecule has 0 saturated carbocycles. The molecule has 1 heterocycles. The van der Waals surface area contributed by atoms with Gasteiger partial charge in [0.2, 0.25) is 0 Å². The van der Waals surface area contributed by atoms with Crippen LogP contribution < -0.4 is 0 Å². The van der Waals surface area contributed by atoms with Crippen LogP contribution in [0.15, 0.2) is 60.7 Å². The predicted molar refractivity (Wildman–Crippen MR) is 136 cm³/mol. The van der Waals surface area contributed by atoms with Crippen molar-refractivity contribution >= 4 is 25.7 Å². The lowest BCUT2D eigenvalue weighted by Gasteiger charge is -2.32. The van der Waals surface area contributed by atoms with Crippen LogP contribution in [0.2, 0.25) is 0 Å². The molecular formula is C27H34NO6P. The molecule has 0 radical (unpaired) electrons. The second-order valence-corrected chi connectivity index (χ2v) is 12.4. The molecule has 2 amide bonds. The molecule has 1 fully saturated rings. The van der Waals surface area contributed by atoms with Crippen molar-refractivity contribution in [2.24, 2.45) is 0 Å². The van der Waals surface area contributed by atoms with Gasteiger partial charge in [-0.2, -0.15) is 0 Å². The van der Waals surface area contributed by atoms with Gasteiger partial charge in [0.25, 0.3) is 5.91 Å². The van der Waals surface area contributed by atoms with Crippen molar-refractivity contribution in [1.82, 2.24) is 4.90 Å². The number of cyclic esters (lactones) is 1. The molecule has 2 aromatic rings. The molecule has 188 valence electrons. The highest BCUT2D eigenvalue weighted by Gasteiger charge is 2.38. The average Bonchev–Trinajstić information content (AvgIpc) is 3.12. The number of hydrogen-bond acceptors (Lipinski definition) is 6. The zero-order valence-corrected chi connectivity index (χ0v) is 22.1. The molecule has 0 aromatic heterocycles. The van der Waals surface area contributed by atoms with E-state index in [9.17, 15) is 14.2 Å². The highest BCUT2D eigenvalue weighted by molar-refractivity contribution is 7.53. The number of nitrogens with zero attached hydrogens (tertiary/aromatic N) is 1. The third kappa shape index (κ3) is 7.89. The zero-order chi connectivity index (χ0) is 25.9. The molecule has 0 bridgehead atoms. The minimum absolute atomic E-state index is 0.128. The van der Waals surface area contributed by atoms with E-state index in [-0.39, 0.29) is 12.8 Å². The first-order chi connectivity index (χ1) is 16.2. The van der Waals surface area contributed by atoms with Gasteiger partial charge in [-0.3, -0.25) is 9.36 Å². The van der Waals surface area contributed by atoms with Crippen LogP contribution in [0.5, 0.6) is 0 Å². The quantitative estimate of drug-likeness (QED) is 0.310. The number of hydrogen-bond donors (Lipinski definition) is 0. The van der Waals surface area contributed by atoms with Crippen LogP contribution in [-0.2, 0) is 29.3 Å². The summed E-state index contributed by atoms with van der Waals surface area (Å²) < 4.78 is 30.3. The lowest BCUT2D eigenvalue weighted by molar-refractivity contribution is -0.124. The second-order valence-electron chi connectivity index (χ2n) is 10.5.